The lowest BCUT2D eigenvalue weighted by molar-refractivity contribution is 0.0205. The quantitative estimate of drug-likeness (QED) is 0.636. The van der Waals surface area contributed by atoms with Gasteiger partial charge in [0, 0.05) is 32.2 Å². The number of carbonyl (C=O) groups is 1. The van der Waals surface area contributed by atoms with Crippen molar-refractivity contribution in [2.75, 3.05) is 57.4 Å². The molecule has 0 N–H and O–H groups in total. The van der Waals surface area contributed by atoms with Crippen LogP contribution in [-0.2, 0) is 14.6 Å². The van der Waals surface area contributed by atoms with E-state index < -0.39 is 9.84 Å². The summed E-state index contributed by atoms with van der Waals surface area (Å²) in [6.45, 7) is 6.55. The predicted molar refractivity (Wildman–Crippen MR) is 78.0 cm³/mol. The van der Waals surface area contributed by atoms with Crippen LogP contribution >= 0.6 is 0 Å². The van der Waals surface area contributed by atoms with Crippen molar-refractivity contribution < 1.29 is 17.9 Å². The molecule has 3 saturated heterocycles. The molecule has 0 unspecified atom stereocenters. The van der Waals surface area contributed by atoms with E-state index in [-0.39, 0.29) is 29.6 Å². The van der Waals surface area contributed by atoms with Gasteiger partial charge in [0.1, 0.15) is 0 Å². The Hall–Kier alpha value is -0.860. The fourth-order valence-corrected chi connectivity index (χ4v) is 5.60. The highest BCUT2D eigenvalue weighted by Crippen LogP contribution is 2.27. The summed E-state index contributed by atoms with van der Waals surface area (Å²) in [4.78, 5) is 18.4. The van der Waals surface area contributed by atoms with Crippen LogP contribution in [0.2, 0.25) is 0 Å². The lowest BCUT2D eigenvalue weighted by Crippen LogP contribution is -2.63. The first kappa shape index (κ1) is 15.1. The van der Waals surface area contributed by atoms with Gasteiger partial charge in [-0.25, -0.2) is 13.2 Å². The molecule has 3 aliphatic rings. The standard InChI is InChI=1S/C13H23N3O4S/c1-2-14-3-4-16(12-10-21(18,19)9-11(12)14)13(17)15-5-7-20-8-6-15/h11-12H,2-10H2,1H3/t11-,12+/m0/s1. The minimum atomic E-state index is -3.05. The van der Waals surface area contributed by atoms with Gasteiger partial charge in [-0.15, -0.1) is 0 Å². The number of nitrogens with zero attached hydrogens (tertiary/aromatic N) is 3. The number of ether oxygens (including phenoxy) is 1. The first-order valence-electron chi connectivity index (χ1n) is 7.59. The molecule has 3 rings (SSSR count). The number of hydrogen-bond donors (Lipinski definition) is 0. The van der Waals surface area contributed by atoms with Gasteiger partial charge in [0.25, 0.3) is 0 Å². The summed E-state index contributed by atoms with van der Waals surface area (Å²) in [6, 6.07) is -0.265. The van der Waals surface area contributed by atoms with Crippen LogP contribution < -0.4 is 0 Å². The van der Waals surface area contributed by atoms with Gasteiger partial charge in [-0.2, -0.15) is 0 Å². The van der Waals surface area contributed by atoms with Crippen LogP contribution in [0.15, 0.2) is 0 Å². The third kappa shape index (κ3) is 2.89. The second-order valence-electron chi connectivity index (χ2n) is 5.92. The zero-order valence-electron chi connectivity index (χ0n) is 12.4. The smallest absolute Gasteiger partial charge is 0.320 e. The number of fused-ring (bicyclic) bond motifs is 1. The SMILES string of the molecule is CCN1CCN(C(=O)N2CCOCC2)[C@@H]2CS(=O)(=O)C[C@@H]21. The molecule has 0 aromatic carbocycles. The first-order valence-corrected chi connectivity index (χ1v) is 9.42. The second kappa shape index (κ2) is 5.73. The Morgan fingerprint density at radius 1 is 1.10 bits per heavy atom. The normalized spacial score (nSPS) is 33.0. The summed E-state index contributed by atoms with van der Waals surface area (Å²) in [6.07, 6.45) is 0. The zero-order chi connectivity index (χ0) is 15.0. The third-order valence-electron chi connectivity index (χ3n) is 4.72. The Morgan fingerprint density at radius 3 is 2.43 bits per heavy atom. The van der Waals surface area contributed by atoms with E-state index in [9.17, 15) is 13.2 Å². The molecule has 2 amide bonds. The molecule has 0 saturated carbocycles. The summed E-state index contributed by atoms with van der Waals surface area (Å²) in [5.74, 6) is 0.280. The van der Waals surface area contributed by atoms with E-state index in [0.29, 0.717) is 32.8 Å². The van der Waals surface area contributed by atoms with E-state index in [0.717, 1.165) is 13.1 Å². The van der Waals surface area contributed by atoms with Gasteiger partial charge in [0.15, 0.2) is 9.84 Å². The number of likely N-dealkylation sites (N-methyl/N-ethyl adjacent to an activating group) is 1. The van der Waals surface area contributed by atoms with E-state index in [1.807, 2.05) is 6.92 Å². The molecule has 3 aliphatic heterocycles. The van der Waals surface area contributed by atoms with Crippen LogP contribution in [0.1, 0.15) is 6.92 Å². The van der Waals surface area contributed by atoms with Crippen molar-refractivity contribution in [3.05, 3.63) is 0 Å². The molecule has 21 heavy (non-hydrogen) atoms. The number of amides is 2. The highest BCUT2D eigenvalue weighted by atomic mass is 32.2. The third-order valence-corrected chi connectivity index (χ3v) is 6.42. The minimum Gasteiger partial charge on any atom is -0.378 e. The van der Waals surface area contributed by atoms with Gasteiger partial charge in [-0.1, -0.05) is 6.92 Å². The highest BCUT2D eigenvalue weighted by Gasteiger charge is 2.48. The summed E-state index contributed by atoms with van der Waals surface area (Å²) in [7, 11) is -3.05. The second-order valence-corrected chi connectivity index (χ2v) is 8.07. The Morgan fingerprint density at radius 2 is 1.76 bits per heavy atom. The lowest BCUT2D eigenvalue weighted by atomic mass is 10.1. The average Bonchev–Trinajstić information content (AvgIpc) is 2.81. The number of piperazine rings is 1. The maximum atomic E-state index is 12.7. The predicted octanol–water partition coefficient (Wildman–Crippen LogP) is -0.758. The molecule has 3 fully saturated rings. The number of carbonyl (C=O) groups excluding carboxylic acids is 1. The summed E-state index contributed by atoms with van der Waals surface area (Å²) in [5, 5.41) is 0. The van der Waals surface area contributed by atoms with Gasteiger partial charge < -0.3 is 14.5 Å². The Labute approximate surface area is 125 Å². The molecular formula is C13H23N3O4S. The minimum absolute atomic E-state index is 0.0267. The van der Waals surface area contributed by atoms with Crippen LogP contribution in [0.5, 0.6) is 0 Å². The van der Waals surface area contributed by atoms with Gasteiger partial charge in [0.05, 0.1) is 30.8 Å². The maximum absolute atomic E-state index is 12.7. The molecule has 0 bridgehead atoms. The average molecular weight is 317 g/mol. The highest BCUT2D eigenvalue weighted by molar-refractivity contribution is 7.91. The largest absolute Gasteiger partial charge is 0.378 e. The molecule has 7 nitrogen and oxygen atoms in total. The van der Waals surface area contributed by atoms with Crippen molar-refractivity contribution in [3.63, 3.8) is 0 Å². The van der Waals surface area contributed by atoms with Crippen molar-refractivity contribution in [1.29, 1.82) is 0 Å². The molecule has 8 heteroatoms. The molecule has 0 aliphatic carbocycles. The van der Waals surface area contributed by atoms with E-state index >= 15 is 0 Å². The van der Waals surface area contributed by atoms with Crippen molar-refractivity contribution in [2.24, 2.45) is 0 Å². The van der Waals surface area contributed by atoms with Gasteiger partial charge in [-0.05, 0) is 6.54 Å². The van der Waals surface area contributed by atoms with E-state index in [2.05, 4.69) is 4.90 Å². The molecule has 0 aromatic heterocycles. The maximum Gasteiger partial charge on any atom is 0.320 e. The number of sulfone groups is 1. The fraction of sp³-hybridized carbons (Fsp3) is 0.923. The van der Waals surface area contributed by atoms with Crippen LogP contribution in [-0.4, -0.2) is 98.7 Å². The number of urea groups is 1. The van der Waals surface area contributed by atoms with Crippen LogP contribution in [0.25, 0.3) is 0 Å². The Bertz CT molecular complexity index is 504. The van der Waals surface area contributed by atoms with Gasteiger partial charge in [-0.3, -0.25) is 4.90 Å². The van der Waals surface area contributed by atoms with E-state index in [1.165, 1.54) is 0 Å². The van der Waals surface area contributed by atoms with Crippen molar-refractivity contribution in [2.45, 2.75) is 19.0 Å². The fourth-order valence-electron chi connectivity index (χ4n) is 3.59. The number of rotatable bonds is 1. The Balaban J connectivity index is 1.78. The first-order chi connectivity index (χ1) is 10.0. The number of morpholine rings is 1. The molecule has 120 valence electrons. The van der Waals surface area contributed by atoms with Crippen molar-refractivity contribution in [3.8, 4) is 0 Å². The van der Waals surface area contributed by atoms with Gasteiger partial charge >= 0.3 is 6.03 Å². The zero-order valence-corrected chi connectivity index (χ0v) is 13.2. The lowest BCUT2D eigenvalue weighted by Gasteiger charge is -2.45. The summed E-state index contributed by atoms with van der Waals surface area (Å²) < 4.78 is 29.3. The summed E-state index contributed by atoms with van der Waals surface area (Å²) >= 11 is 0. The topological polar surface area (TPSA) is 70.2 Å². The number of hydrogen-bond acceptors (Lipinski definition) is 5. The molecule has 0 radical (unpaired) electrons. The van der Waals surface area contributed by atoms with E-state index in [4.69, 9.17) is 4.74 Å². The molecule has 0 aromatic rings. The Kier molecular flexibility index (Phi) is 4.11. The van der Waals surface area contributed by atoms with Crippen LogP contribution in [0.3, 0.4) is 0 Å². The van der Waals surface area contributed by atoms with Crippen LogP contribution in [0.4, 0.5) is 4.79 Å². The molecular weight excluding hydrogens is 294 g/mol. The van der Waals surface area contributed by atoms with Crippen molar-refractivity contribution in [1.82, 2.24) is 14.7 Å². The van der Waals surface area contributed by atoms with Crippen molar-refractivity contribution >= 4 is 15.9 Å². The molecule has 2 atom stereocenters. The molecule has 0 spiro atoms. The van der Waals surface area contributed by atoms with E-state index in [1.54, 1.807) is 9.80 Å². The monoisotopic (exact) mass is 317 g/mol. The van der Waals surface area contributed by atoms with Gasteiger partial charge in [0.2, 0.25) is 0 Å². The molecule has 3 heterocycles. The van der Waals surface area contributed by atoms with Crippen LogP contribution in [0, 0.1) is 0 Å². The summed E-state index contributed by atoms with van der Waals surface area (Å²) in [5.41, 5.74) is 0.